The van der Waals surface area contributed by atoms with Gasteiger partial charge in [-0.2, -0.15) is 0 Å². The summed E-state index contributed by atoms with van der Waals surface area (Å²) < 4.78 is 10.4. The molecule has 1 aliphatic carbocycles. The second-order valence-corrected chi connectivity index (χ2v) is 8.06. The van der Waals surface area contributed by atoms with Gasteiger partial charge in [0.25, 0.3) is 11.8 Å². The molecule has 1 aliphatic rings. The molecule has 0 unspecified atom stereocenters. The number of amides is 2. The Hall–Kier alpha value is -2.16. The summed E-state index contributed by atoms with van der Waals surface area (Å²) >= 11 is 1.53. The molecule has 152 valence electrons. The summed E-state index contributed by atoms with van der Waals surface area (Å²) in [5.74, 6) is 0.570. The lowest BCUT2D eigenvalue weighted by atomic mass is 9.95. The Balaban J connectivity index is 1.67. The summed E-state index contributed by atoms with van der Waals surface area (Å²) in [5, 5.41) is 8.43. The SMILES string of the molecule is COCCNC(=O)c1c(NC(=O)C[NH2+][C@H](C)c2ccco2)sc2c1CCCC2. The van der Waals surface area contributed by atoms with E-state index in [9.17, 15) is 9.59 Å². The number of nitrogens with one attached hydrogen (secondary N) is 2. The van der Waals surface area contributed by atoms with Gasteiger partial charge >= 0.3 is 0 Å². The zero-order valence-electron chi connectivity index (χ0n) is 16.4. The lowest BCUT2D eigenvalue weighted by Gasteiger charge is -2.13. The van der Waals surface area contributed by atoms with Crippen molar-refractivity contribution in [2.24, 2.45) is 0 Å². The quantitative estimate of drug-likeness (QED) is 0.554. The standard InChI is InChI=1S/C20H27N3O4S/c1-13(15-7-5-10-27-15)22-12-17(24)23-20-18(19(25)21-9-11-26-2)14-6-3-4-8-16(14)28-20/h5,7,10,13,22H,3-4,6,8-9,11-12H2,1-2H3,(H,21,25)(H,23,24)/p+1/t13-/m1/s1. The van der Waals surface area contributed by atoms with E-state index in [1.165, 1.54) is 16.2 Å². The second-order valence-electron chi connectivity index (χ2n) is 6.96. The number of fused-ring (bicyclic) bond motifs is 1. The molecular formula is C20H28N3O4S+. The Morgan fingerprint density at radius 1 is 1.36 bits per heavy atom. The van der Waals surface area contributed by atoms with Crippen LogP contribution in [0.5, 0.6) is 0 Å². The van der Waals surface area contributed by atoms with Crippen molar-refractivity contribution in [1.29, 1.82) is 0 Å². The van der Waals surface area contributed by atoms with Gasteiger partial charge in [0.2, 0.25) is 0 Å². The molecule has 7 nitrogen and oxygen atoms in total. The first kappa shape index (κ1) is 20.6. The summed E-state index contributed by atoms with van der Waals surface area (Å²) in [6.07, 6.45) is 5.68. The molecule has 2 amide bonds. The van der Waals surface area contributed by atoms with Crippen molar-refractivity contribution < 1.29 is 24.1 Å². The molecule has 0 radical (unpaired) electrons. The Bertz CT molecular complexity index is 801. The molecule has 2 aromatic heterocycles. The van der Waals surface area contributed by atoms with Crippen LogP contribution < -0.4 is 16.0 Å². The Morgan fingerprint density at radius 3 is 2.93 bits per heavy atom. The average Bonchev–Trinajstić information content (AvgIpc) is 3.34. The summed E-state index contributed by atoms with van der Waals surface area (Å²) in [6, 6.07) is 3.79. The first-order chi connectivity index (χ1) is 13.6. The molecule has 3 rings (SSSR count). The topological polar surface area (TPSA) is 97.2 Å². The molecule has 2 aromatic rings. The zero-order valence-corrected chi connectivity index (χ0v) is 17.2. The third-order valence-corrected chi connectivity index (χ3v) is 6.10. The molecule has 4 N–H and O–H groups in total. The van der Waals surface area contributed by atoms with Crippen LogP contribution in [0.15, 0.2) is 22.8 Å². The minimum Gasteiger partial charge on any atom is -0.463 e. The maximum Gasteiger partial charge on any atom is 0.280 e. The van der Waals surface area contributed by atoms with Crippen molar-refractivity contribution in [3.63, 3.8) is 0 Å². The molecule has 0 saturated carbocycles. The van der Waals surface area contributed by atoms with Crippen LogP contribution in [0, 0.1) is 0 Å². The number of carbonyl (C=O) groups is 2. The van der Waals surface area contributed by atoms with Crippen LogP contribution in [-0.2, 0) is 22.4 Å². The van der Waals surface area contributed by atoms with Gasteiger partial charge in [-0.15, -0.1) is 11.3 Å². The van der Waals surface area contributed by atoms with Crippen LogP contribution in [-0.4, -0.2) is 38.6 Å². The van der Waals surface area contributed by atoms with Gasteiger partial charge in [-0.25, -0.2) is 0 Å². The predicted octanol–water partition coefficient (Wildman–Crippen LogP) is 1.86. The van der Waals surface area contributed by atoms with Crippen LogP contribution in [0.25, 0.3) is 0 Å². The summed E-state index contributed by atoms with van der Waals surface area (Å²) in [4.78, 5) is 26.5. The predicted molar refractivity (Wildman–Crippen MR) is 108 cm³/mol. The highest BCUT2D eigenvalue weighted by Gasteiger charge is 2.26. The van der Waals surface area contributed by atoms with Crippen molar-refractivity contribution in [1.82, 2.24) is 5.32 Å². The fourth-order valence-electron chi connectivity index (χ4n) is 3.38. The Kier molecular flexibility index (Phi) is 7.24. The summed E-state index contributed by atoms with van der Waals surface area (Å²) in [6.45, 7) is 3.15. The van der Waals surface area contributed by atoms with Gasteiger partial charge in [0.1, 0.15) is 11.0 Å². The molecule has 2 heterocycles. The molecule has 0 bridgehead atoms. The van der Waals surface area contributed by atoms with E-state index in [1.807, 2.05) is 24.4 Å². The molecule has 0 fully saturated rings. The van der Waals surface area contributed by atoms with Crippen molar-refractivity contribution >= 4 is 28.2 Å². The maximum atomic E-state index is 12.7. The van der Waals surface area contributed by atoms with Gasteiger partial charge < -0.3 is 25.1 Å². The number of quaternary nitrogens is 1. The van der Waals surface area contributed by atoms with E-state index in [0.717, 1.165) is 37.0 Å². The first-order valence-electron chi connectivity index (χ1n) is 9.68. The lowest BCUT2D eigenvalue weighted by molar-refractivity contribution is -0.684. The number of methoxy groups -OCH3 is 1. The normalized spacial score (nSPS) is 14.4. The summed E-state index contributed by atoms with van der Waals surface area (Å²) in [7, 11) is 1.60. The number of anilines is 1. The van der Waals surface area contributed by atoms with Gasteiger partial charge in [0.15, 0.2) is 12.3 Å². The van der Waals surface area contributed by atoms with Gasteiger partial charge in [-0.3, -0.25) is 9.59 Å². The fraction of sp³-hybridized carbons (Fsp3) is 0.500. The third kappa shape index (κ3) is 5.01. The highest BCUT2D eigenvalue weighted by atomic mass is 32.1. The number of thiophene rings is 1. The van der Waals surface area contributed by atoms with E-state index in [1.54, 1.807) is 13.4 Å². The number of furan rings is 1. The number of ether oxygens (including phenoxy) is 1. The van der Waals surface area contributed by atoms with Gasteiger partial charge in [-0.05, 0) is 50.3 Å². The number of nitrogens with two attached hydrogens (primary N) is 1. The number of carbonyl (C=O) groups excluding carboxylic acids is 2. The molecule has 0 aromatic carbocycles. The average molecular weight is 407 g/mol. The van der Waals surface area contributed by atoms with E-state index in [2.05, 4.69) is 10.6 Å². The number of hydrogen-bond donors (Lipinski definition) is 3. The molecular weight excluding hydrogens is 378 g/mol. The van der Waals surface area contributed by atoms with Crippen molar-refractivity contribution in [3.05, 3.63) is 40.2 Å². The van der Waals surface area contributed by atoms with Crippen LogP contribution in [0.2, 0.25) is 0 Å². The first-order valence-corrected chi connectivity index (χ1v) is 10.5. The van der Waals surface area contributed by atoms with E-state index in [0.29, 0.717) is 23.7 Å². The highest BCUT2D eigenvalue weighted by molar-refractivity contribution is 7.17. The van der Waals surface area contributed by atoms with Gasteiger partial charge in [0.05, 0.1) is 18.4 Å². The minimum absolute atomic E-state index is 0.0501. The largest absolute Gasteiger partial charge is 0.463 e. The van der Waals surface area contributed by atoms with Crippen LogP contribution >= 0.6 is 11.3 Å². The third-order valence-electron chi connectivity index (χ3n) is 4.89. The number of rotatable bonds is 9. The molecule has 28 heavy (non-hydrogen) atoms. The van der Waals surface area contributed by atoms with Crippen molar-refractivity contribution in [2.75, 3.05) is 32.1 Å². The van der Waals surface area contributed by atoms with E-state index >= 15 is 0 Å². The smallest absolute Gasteiger partial charge is 0.280 e. The number of aryl methyl sites for hydroxylation is 1. The van der Waals surface area contributed by atoms with Gasteiger partial charge in [-0.1, -0.05) is 0 Å². The zero-order chi connectivity index (χ0) is 19.9. The highest BCUT2D eigenvalue weighted by Crippen LogP contribution is 2.38. The lowest BCUT2D eigenvalue weighted by Crippen LogP contribution is -2.86. The van der Waals surface area contributed by atoms with Crippen molar-refractivity contribution in [3.8, 4) is 0 Å². The van der Waals surface area contributed by atoms with E-state index in [-0.39, 0.29) is 24.4 Å². The second kappa shape index (κ2) is 9.86. The fourth-order valence-corrected chi connectivity index (χ4v) is 4.68. The molecule has 0 spiro atoms. The van der Waals surface area contributed by atoms with Crippen LogP contribution in [0.3, 0.4) is 0 Å². The molecule has 0 saturated heterocycles. The monoisotopic (exact) mass is 406 g/mol. The molecule has 0 aliphatic heterocycles. The summed E-state index contributed by atoms with van der Waals surface area (Å²) in [5.41, 5.74) is 1.72. The van der Waals surface area contributed by atoms with Crippen molar-refractivity contribution in [2.45, 2.75) is 38.6 Å². The Labute approximate surface area is 168 Å². The van der Waals surface area contributed by atoms with Crippen LogP contribution in [0.1, 0.15) is 52.4 Å². The minimum atomic E-state index is -0.139. The Morgan fingerprint density at radius 2 is 2.18 bits per heavy atom. The van der Waals surface area contributed by atoms with Crippen LogP contribution in [0.4, 0.5) is 5.00 Å². The van der Waals surface area contributed by atoms with Gasteiger partial charge in [0, 0.05) is 18.5 Å². The molecule has 8 heteroatoms. The molecule has 1 atom stereocenters. The number of hydrogen-bond acceptors (Lipinski definition) is 5. The van der Waals surface area contributed by atoms with E-state index < -0.39 is 0 Å². The van der Waals surface area contributed by atoms with E-state index in [4.69, 9.17) is 9.15 Å². The maximum absolute atomic E-state index is 12.7.